The number of hydrogen-bond donors (Lipinski definition) is 1. The van der Waals surface area contributed by atoms with Crippen LogP contribution in [0, 0.1) is 13.8 Å². The Hall–Kier alpha value is -3.68. The number of aromatic nitrogens is 2. The minimum absolute atomic E-state index is 0.111. The number of amides is 1. The summed E-state index contributed by atoms with van der Waals surface area (Å²) in [6, 6.07) is 18.3. The molecule has 3 aromatic carbocycles. The van der Waals surface area contributed by atoms with Crippen molar-refractivity contribution < 1.29 is 9.53 Å². The standard InChI is InChI=1S/C26H20ClN3O3S/c1-15-10-20-21(11-16(15)2)30-25(32)23(34-26(30)29-20)13-17-8-9-22(19(27)12-17)33-14-24(31)28-18-6-4-3-5-7-18/h3-13H,14H2,1-2H3,(H,28,31)/b23-13-. The summed E-state index contributed by atoms with van der Waals surface area (Å²) >= 11 is 7.72. The average molecular weight is 490 g/mol. The molecular formula is C26H20ClN3O3S. The van der Waals surface area contributed by atoms with Gasteiger partial charge in [-0.2, -0.15) is 0 Å². The molecule has 0 aliphatic carbocycles. The molecule has 0 bridgehead atoms. The molecule has 5 rings (SSSR count). The molecule has 0 spiro atoms. The van der Waals surface area contributed by atoms with Crippen molar-refractivity contribution in [1.29, 1.82) is 0 Å². The number of para-hydroxylation sites is 1. The smallest absolute Gasteiger partial charge is 0.274 e. The molecule has 0 saturated heterocycles. The van der Waals surface area contributed by atoms with Crippen molar-refractivity contribution in [3.63, 3.8) is 0 Å². The molecule has 1 amide bonds. The number of hydrogen-bond acceptors (Lipinski definition) is 5. The topological polar surface area (TPSA) is 72.7 Å². The third kappa shape index (κ3) is 4.27. The van der Waals surface area contributed by atoms with Gasteiger partial charge in [0, 0.05) is 5.69 Å². The van der Waals surface area contributed by atoms with Gasteiger partial charge in [0.05, 0.1) is 20.6 Å². The second-order valence-corrected chi connectivity index (χ2v) is 9.38. The van der Waals surface area contributed by atoms with E-state index in [1.165, 1.54) is 11.3 Å². The Morgan fingerprint density at radius 1 is 1.12 bits per heavy atom. The van der Waals surface area contributed by atoms with Crippen LogP contribution in [0.15, 0.2) is 65.5 Å². The summed E-state index contributed by atoms with van der Waals surface area (Å²) < 4.78 is 7.79. The van der Waals surface area contributed by atoms with Crippen LogP contribution in [0.4, 0.5) is 5.69 Å². The van der Waals surface area contributed by atoms with Crippen LogP contribution in [0.5, 0.6) is 5.75 Å². The molecule has 2 aromatic heterocycles. The lowest BCUT2D eigenvalue weighted by atomic mass is 10.1. The van der Waals surface area contributed by atoms with Crippen LogP contribution in [0.1, 0.15) is 16.7 Å². The zero-order valence-corrected chi connectivity index (χ0v) is 20.0. The maximum atomic E-state index is 13.1. The van der Waals surface area contributed by atoms with Crippen molar-refractivity contribution in [2.24, 2.45) is 0 Å². The molecule has 34 heavy (non-hydrogen) atoms. The van der Waals surface area contributed by atoms with E-state index in [2.05, 4.69) is 10.3 Å². The maximum Gasteiger partial charge on any atom is 0.274 e. The number of nitrogens with one attached hydrogen (secondary N) is 1. The summed E-state index contributed by atoms with van der Waals surface area (Å²) in [6.07, 6.45) is 1.78. The first-order chi connectivity index (χ1) is 16.4. The molecule has 5 aromatic rings. The van der Waals surface area contributed by atoms with Crippen molar-refractivity contribution in [1.82, 2.24) is 9.38 Å². The molecule has 0 atom stereocenters. The van der Waals surface area contributed by atoms with Crippen molar-refractivity contribution in [2.45, 2.75) is 13.8 Å². The summed E-state index contributed by atoms with van der Waals surface area (Å²) in [6.45, 7) is 3.89. The Balaban J connectivity index is 1.37. The number of anilines is 1. The van der Waals surface area contributed by atoms with Gasteiger partial charge in [0.1, 0.15) is 5.75 Å². The van der Waals surface area contributed by atoms with Crippen LogP contribution in [-0.4, -0.2) is 21.9 Å². The molecule has 0 radical (unpaired) electrons. The molecule has 1 N–H and O–H groups in total. The maximum absolute atomic E-state index is 13.1. The van der Waals surface area contributed by atoms with Crippen molar-refractivity contribution in [2.75, 3.05) is 11.9 Å². The number of rotatable bonds is 5. The average Bonchev–Trinajstić information content (AvgIpc) is 3.30. The number of carbonyl (C=O) groups excluding carboxylic acids is 1. The SMILES string of the molecule is Cc1cc2nc3s/c(=C\c4ccc(OCC(=O)Nc5ccccc5)c(Cl)c4)c(=O)n3c2cc1C. The number of carbonyl (C=O) groups is 1. The normalized spacial score (nSPS) is 11.9. The van der Waals surface area contributed by atoms with Crippen LogP contribution >= 0.6 is 22.9 Å². The Morgan fingerprint density at radius 2 is 1.88 bits per heavy atom. The first kappa shape index (κ1) is 22.1. The molecule has 6 nitrogen and oxygen atoms in total. The summed E-state index contributed by atoms with van der Waals surface area (Å²) in [4.78, 5) is 30.5. The van der Waals surface area contributed by atoms with Crippen LogP contribution < -0.4 is 20.1 Å². The molecule has 0 fully saturated rings. The number of ether oxygens (including phenoxy) is 1. The number of fused-ring (bicyclic) bond motifs is 3. The van der Waals surface area contributed by atoms with E-state index in [1.807, 2.05) is 44.2 Å². The third-order valence-corrected chi connectivity index (χ3v) is 6.79. The highest BCUT2D eigenvalue weighted by Crippen LogP contribution is 2.26. The van der Waals surface area contributed by atoms with Crippen molar-refractivity contribution in [3.05, 3.63) is 97.3 Å². The second kappa shape index (κ2) is 8.93. The monoisotopic (exact) mass is 489 g/mol. The van der Waals surface area contributed by atoms with Gasteiger partial charge in [-0.05, 0) is 73.0 Å². The summed E-state index contributed by atoms with van der Waals surface area (Å²) in [5.41, 5.74) is 5.23. The summed E-state index contributed by atoms with van der Waals surface area (Å²) in [5.74, 6) is 0.107. The third-order valence-electron chi connectivity index (χ3n) is 5.52. The zero-order valence-electron chi connectivity index (χ0n) is 18.5. The lowest BCUT2D eigenvalue weighted by molar-refractivity contribution is -0.118. The number of nitrogens with zero attached hydrogens (tertiary/aromatic N) is 2. The van der Waals surface area contributed by atoms with Gasteiger partial charge < -0.3 is 10.1 Å². The molecule has 8 heteroatoms. The van der Waals surface area contributed by atoms with E-state index >= 15 is 0 Å². The Kier molecular flexibility index (Phi) is 5.81. The van der Waals surface area contributed by atoms with Gasteiger partial charge >= 0.3 is 0 Å². The fourth-order valence-electron chi connectivity index (χ4n) is 3.66. The largest absolute Gasteiger partial charge is 0.482 e. The summed E-state index contributed by atoms with van der Waals surface area (Å²) in [5, 5.41) is 3.11. The summed E-state index contributed by atoms with van der Waals surface area (Å²) in [7, 11) is 0. The van der Waals surface area contributed by atoms with E-state index in [4.69, 9.17) is 16.3 Å². The zero-order chi connectivity index (χ0) is 23.8. The molecule has 2 heterocycles. The predicted molar refractivity (Wildman–Crippen MR) is 137 cm³/mol. The van der Waals surface area contributed by atoms with Gasteiger partial charge in [-0.15, -0.1) is 0 Å². The van der Waals surface area contributed by atoms with Gasteiger partial charge in [0.25, 0.3) is 11.5 Å². The minimum atomic E-state index is -0.284. The van der Waals surface area contributed by atoms with Gasteiger partial charge in [0.15, 0.2) is 11.6 Å². The van der Waals surface area contributed by atoms with Crippen LogP contribution in [0.2, 0.25) is 5.02 Å². The highest BCUT2D eigenvalue weighted by molar-refractivity contribution is 7.15. The van der Waals surface area contributed by atoms with E-state index in [1.54, 1.807) is 40.8 Å². The van der Waals surface area contributed by atoms with E-state index in [0.717, 1.165) is 27.7 Å². The number of benzene rings is 3. The second-order valence-electron chi connectivity index (χ2n) is 7.96. The fraction of sp³-hybridized carbons (Fsp3) is 0.115. The van der Waals surface area contributed by atoms with E-state index < -0.39 is 0 Å². The highest BCUT2D eigenvalue weighted by atomic mass is 35.5. The minimum Gasteiger partial charge on any atom is -0.482 e. The Bertz CT molecular complexity index is 1660. The molecule has 170 valence electrons. The van der Waals surface area contributed by atoms with Crippen molar-refractivity contribution >= 4 is 56.6 Å². The molecule has 0 unspecified atom stereocenters. The van der Waals surface area contributed by atoms with Gasteiger partial charge in [-0.3, -0.25) is 9.59 Å². The van der Waals surface area contributed by atoms with Crippen LogP contribution in [-0.2, 0) is 4.79 Å². The first-order valence-corrected chi connectivity index (χ1v) is 11.8. The number of aryl methyl sites for hydroxylation is 2. The van der Waals surface area contributed by atoms with E-state index in [0.29, 0.717) is 26.0 Å². The Morgan fingerprint density at radius 3 is 2.65 bits per heavy atom. The molecule has 0 aliphatic rings. The van der Waals surface area contributed by atoms with Gasteiger partial charge in [-0.1, -0.05) is 47.2 Å². The first-order valence-electron chi connectivity index (χ1n) is 10.6. The molecule has 0 aliphatic heterocycles. The van der Waals surface area contributed by atoms with Gasteiger partial charge in [0.2, 0.25) is 0 Å². The highest BCUT2D eigenvalue weighted by Gasteiger charge is 2.13. The van der Waals surface area contributed by atoms with Crippen LogP contribution in [0.3, 0.4) is 0 Å². The van der Waals surface area contributed by atoms with Gasteiger partial charge in [-0.25, -0.2) is 9.38 Å². The molecular weight excluding hydrogens is 470 g/mol. The lowest BCUT2D eigenvalue weighted by Crippen LogP contribution is -2.22. The number of thiazole rings is 1. The van der Waals surface area contributed by atoms with E-state index in [-0.39, 0.29) is 18.1 Å². The number of halogens is 1. The van der Waals surface area contributed by atoms with Crippen molar-refractivity contribution in [3.8, 4) is 5.75 Å². The number of imidazole rings is 1. The quantitative estimate of drug-likeness (QED) is 0.387. The van der Waals surface area contributed by atoms with E-state index in [9.17, 15) is 9.59 Å². The fourth-order valence-corrected chi connectivity index (χ4v) is 4.89. The molecule has 0 saturated carbocycles. The van der Waals surface area contributed by atoms with Crippen LogP contribution in [0.25, 0.3) is 22.1 Å². The Labute approximate surface area is 204 Å². The predicted octanol–water partition coefficient (Wildman–Crippen LogP) is 4.74. The lowest BCUT2D eigenvalue weighted by Gasteiger charge is -2.09.